The third-order valence-electron chi connectivity index (χ3n) is 3.06. The third kappa shape index (κ3) is 2.27. The second kappa shape index (κ2) is 4.16. The first-order valence-corrected chi connectivity index (χ1v) is 6.98. The van der Waals surface area contributed by atoms with Gasteiger partial charge in [-0.15, -0.1) is 0 Å². The van der Waals surface area contributed by atoms with E-state index in [9.17, 15) is 8.42 Å². The molecule has 5 heteroatoms. The topological polar surface area (TPSA) is 49.4 Å². The fourth-order valence-corrected chi connectivity index (χ4v) is 3.86. The molecule has 0 aromatic carbocycles. The molecule has 0 aromatic heterocycles. The predicted octanol–water partition coefficient (Wildman–Crippen LogP) is 0.0215. The van der Waals surface area contributed by atoms with E-state index in [0.29, 0.717) is 11.7 Å². The van der Waals surface area contributed by atoms with Crippen LogP contribution < -0.4 is 5.32 Å². The summed E-state index contributed by atoms with van der Waals surface area (Å²) in [5.41, 5.74) is 0. The number of sulfonamides is 1. The van der Waals surface area contributed by atoms with E-state index in [-0.39, 0.29) is 0 Å². The lowest BCUT2D eigenvalue weighted by molar-refractivity contribution is 0.302. The smallest absolute Gasteiger partial charge is 0.214 e. The summed E-state index contributed by atoms with van der Waals surface area (Å²) < 4.78 is 24.8. The van der Waals surface area contributed by atoms with Gasteiger partial charge in [-0.1, -0.05) is 0 Å². The third-order valence-corrected chi connectivity index (χ3v) is 4.99. The van der Waals surface area contributed by atoms with Crippen LogP contribution in [0.1, 0.15) is 19.3 Å². The Labute approximate surface area is 85.7 Å². The first-order valence-electron chi connectivity index (χ1n) is 5.37. The molecular weight excluding hydrogens is 200 g/mol. The maximum Gasteiger partial charge on any atom is 0.214 e. The van der Waals surface area contributed by atoms with E-state index in [1.54, 1.807) is 4.31 Å². The molecule has 1 atom stereocenters. The van der Waals surface area contributed by atoms with Gasteiger partial charge in [-0.25, -0.2) is 12.7 Å². The molecule has 0 aliphatic carbocycles. The van der Waals surface area contributed by atoms with Crippen LogP contribution in [0.2, 0.25) is 0 Å². The Morgan fingerprint density at radius 1 is 1.36 bits per heavy atom. The monoisotopic (exact) mass is 218 g/mol. The SMILES string of the molecule is O=S1(=O)CCCN1CC1CCCNC1. The van der Waals surface area contributed by atoms with Crippen LogP contribution in [0.5, 0.6) is 0 Å². The molecule has 2 aliphatic heterocycles. The van der Waals surface area contributed by atoms with Crippen LogP contribution >= 0.6 is 0 Å². The summed E-state index contributed by atoms with van der Waals surface area (Å²) in [6, 6.07) is 0. The number of hydrogen-bond donors (Lipinski definition) is 1. The second-order valence-electron chi connectivity index (χ2n) is 4.24. The fourth-order valence-electron chi connectivity index (χ4n) is 2.26. The summed E-state index contributed by atoms with van der Waals surface area (Å²) in [7, 11) is -2.88. The van der Waals surface area contributed by atoms with Gasteiger partial charge in [-0.05, 0) is 38.3 Å². The zero-order valence-electron chi connectivity index (χ0n) is 8.41. The van der Waals surface area contributed by atoms with Gasteiger partial charge in [0.05, 0.1) is 5.75 Å². The minimum absolute atomic E-state index is 0.354. The number of piperidine rings is 1. The Kier molecular flexibility index (Phi) is 3.09. The van der Waals surface area contributed by atoms with Crippen molar-refractivity contribution >= 4 is 10.0 Å². The second-order valence-corrected chi connectivity index (χ2v) is 6.33. The van der Waals surface area contributed by atoms with Crippen molar-refractivity contribution < 1.29 is 8.42 Å². The van der Waals surface area contributed by atoms with Crippen molar-refractivity contribution in [2.24, 2.45) is 5.92 Å². The molecule has 0 saturated carbocycles. The summed E-state index contributed by atoms with van der Waals surface area (Å²) in [6.07, 6.45) is 3.15. The molecule has 4 nitrogen and oxygen atoms in total. The molecular formula is C9H18N2O2S. The maximum atomic E-state index is 11.5. The van der Waals surface area contributed by atoms with E-state index in [1.165, 1.54) is 12.8 Å². The molecule has 82 valence electrons. The van der Waals surface area contributed by atoms with Gasteiger partial charge in [0.1, 0.15) is 0 Å². The largest absolute Gasteiger partial charge is 0.316 e. The summed E-state index contributed by atoms with van der Waals surface area (Å²) in [4.78, 5) is 0. The summed E-state index contributed by atoms with van der Waals surface area (Å²) in [5, 5.41) is 3.31. The van der Waals surface area contributed by atoms with Gasteiger partial charge < -0.3 is 5.32 Å². The minimum atomic E-state index is -2.88. The Morgan fingerprint density at radius 2 is 2.21 bits per heavy atom. The van der Waals surface area contributed by atoms with Crippen molar-refractivity contribution in [3.8, 4) is 0 Å². The standard InChI is InChI=1S/C9H18N2O2S/c12-14(13)6-2-5-11(14)8-9-3-1-4-10-7-9/h9-10H,1-8H2. The highest BCUT2D eigenvalue weighted by molar-refractivity contribution is 7.89. The van der Waals surface area contributed by atoms with Gasteiger partial charge in [0.2, 0.25) is 10.0 Å². The van der Waals surface area contributed by atoms with Crippen molar-refractivity contribution in [2.45, 2.75) is 19.3 Å². The highest BCUT2D eigenvalue weighted by Gasteiger charge is 2.30. The number of rotatable bonds is 2. The molecule has 1 N–H and O–H groups in total. The van der Waals surface area contributed by atoms with Gasteiger partial charge in [-0.3, -0.25) is 0 Å². The molecule has 1 unspecified atom stereocenters. The molecule has 0 spiro atoms. The summed E-state index contributed by atoms with van der Waals surface area (Å²) in [5.74, 6) is 0.879. The van der Waals surface area contributed by atoms with Gasteiger partial charge in [-0.2, -0.15) is 0 Å². The van der Waals surface area contributed by atoms with E-state index in [4.69, 9.17) is 0 Å². The fraction of sp³-hybridized carbons (Fsp3) is 1.00. The Morgan fingerprint density at radius 3 is 2.79 bits per heavy atom. The van der Waals surface area contributed by atoms with E-state index in [1.807, 2.05) is 0 Å². The highest BCUT2D eigenvalue weighted by atomic mass is 32.2. The lowest BCUT2D eigenvalue weighted by Gasteiger charge is -2.26. The average Bonchev–Trinajstić information content (AvgIpc) is 2.48. The lowest BCUT2D eigenvalue weighted by atomic mass is 10.00. The van der Waals surface area contributed by atoms with Crippen LogP contribution in [0.4, 0.5) is 0 Å². The van der Waals surface area contributed by atoms with Crippen LogP contribution in [-0.2, 0) is 10.0 Å². The van der Waals surface area contributed by atoms with E-state index < -0.39 is 10.0 Å². The highest BCUT2D eigenvalue weighted by Crippen LogP contribution is 2.18. The Hall–Kier alpha value is -0.130. The average molecular weight is 218 g/mol. The van der Waals surface area contributed by atoms with Gasteiger partial charge in [0.15, 0.2) is 0 Å². The van der Waals surface area contributed by atoms with Crippen molar-refractivity contribution in [1.29, 1.82) is 0 Å². The van der Waals surface area contributed by atoms with Crippen LogP contribution in [0.3, 0.4) is 0 Å². The van der Waals surface area contributed by atoms with Crippen LogP contribution in [0.15, 0.2) is 0 Å². The van der Waals surface area contributed by atoms with E-state index >= 15 is 0 Å². The Balaban J connectivity index is 1.90. The van der Waals surface area contributed by atoms with Crippen molar-refractivity contribution in [3.63, 3.8) is 0 Å². The van der Waals surface area contributed by atoms with E-state index in [0.717, 1.165) is 32.6 Å². The molecule has 2 fully saturated rings. The maximum absolute atomic E-state index is 11.5. The van der Waals surface area contributed by atoms with Gasteiger partial charge in [0, 0.05) is 13.1 Å². The van der Waals surface area contributed by atoms with E-state index in [2.05, 4.69) is 5.32 Å². The number of nitrogens with one attached hydrogen (secondary N) is 1. The molecule has 14 heavy (non-hydrogen) atoms. The van der Waals surface area contributed by atoms with Crippen molar-refractivity contribution in [3.05, 3.63) is 0 Å². The quantitative estimate of drug-likeness (QED) is 0.711. The molecule has 2 aliphatic rings. The van der Waals surface area contributed by atoms with Crippen LogP contribution in [-0.4, -0.2) is 44.7 Å². The molecule has 0 aromatic rings. The van der Waals surface area contributed by atoms with Crippen LogP contribution in [0.25, 0.3) is 0 Å². The molecule has 0 radical (unpaired) electrons. The summed E-state index contributed by atoms with van der Waals surface area (Å²) in [6.45, 7) is 3.53. The Bertz CT molecular complexity index is 283. The van der Waals surface area contributed by atoms with Gasteiger partial charge >= 0.3 is 0 Å². The lowest BCUT2D eigenvalue weighted by Crippen LogP contribution is -2.38. The molecule has 0 bridgehead atoms. The zero-order valence-corrected chi connectivity index (χ0v) is 9.22. The zero-order chi connectivity index (χ0) is 10.0. The molecule has 2 saturated heterocycles. The van der Waals surface area contributed by atoms with Crippen LogP contribution in [0, 0.1) is 5.92 Å². The normalized spacial score (nSPS) is 33.3. The predicted molar refractivity (Wildman–Crippen MR) is 55.6 cm³/mol. The molecule has 2 heterocycles. The number of nitrogens with zero attached hydrogens (tertiary/aromatic N) is 1. The first kappa shape index (κ1) is 10.4. The first-order chi connectivity index (χ1) is 6.68. The molecule has 0 amide bonds. The van der Waals surface area contributed by atoms with Gasteiger partial charge in [0.25, 0.3) is 0 Å². The van der Waals surface area contributed by atoms with Crippen molar-refractivity contribution in [2.75, 3.05) is 31.9 Å². The minimum Gasteiger partial charge on any atom is -0.316 e. The van der Waals surface area contributed by atoms with Crippen molar-refractivity contribution in [1.82, 2.24) is 9.62 Å². The summed E-state index contributed by atoms with van der Waals surface area (Å²) >= 11 is 0. The number of hydrogen-bond acceptors (Lipinski definition) is 3. The molecule has 2 rings (SSSR count).